The predicted octanol–water partition coefficient (Wildman–Crippen LogP) is 3.94. The van der Waals surface area contributed by atoms with E-state index in [0.29, 0.717) is 43.8 Å². The monoisotopic (exact) mass is 417 g/mol. The molecule has 1 aliphatic rings. The third-order valence-corrected chi connectivity index (χ3v) is 5.84. The summed E-state index contributed by atoms with van der Waals surface area (Å²) < 4.78 is 5.62. The van der Waals surface area contributed by atoms with Crippen molar-refractivity contribution in [2.24, 2.45) is 5.41 Å². The maximum atomic E-state index is 13.2. The van der Waals surface area contributed by atoms with Crippen molar-refractivity contribution < 1.29 is 14.1 Å². The summed E-state index contributed by atoms with van der Waals surface area (Å²) in [5.74, 6) is 0.564. The quantitative estimate of drug-likeness (QED) is 0.659. The number of hydrogen-bond acceptors (Lipinski definition) is 4. The van der Waals surface area contributed by atoms with Crippen molar-refractivity contribution >= 4 is 11.8 Å². The van der Waals surface area contributed by atoms with Gasteiger partial charge in [0.1, 0.15) is 11.5 Å². The van der Waals surface area contributed by atoms with Gasteiger partial charge in [-0.3, -0.25) is 9.59 Å². The third kappa shape index (κ3) is 4.53. The van der Waals surface area contributed by atoms with Crippen molar-refractivity contribution in [2.45, 2.75) is 26.2 Å². The lowest BCUT2D eigenvalue weighted by atomic mass is 9.75. The van der Waals surface area contributed by atoms with Crippen LogP contribution in [-0.2, 0) is 11.2 Å². The third-order valence-electron chi connectivity index (χ3n) is 5.84. The van der Waals surface area contributed by atoms with Gasteiger partial charge in [-0.05, 0) is 31.9 Å². The summed E-state index contributed by atoms with van der Waals surface area (Å²) in [7, 11) is 0. The normalized spacial score (nSPS) is 18.5. The summed E-state index contributed by atoms with van der Waals surface area (Å²) in [5.41, 5.74) is 1.61. The largest absolute Gasteiger partial charge is 0.361 e. The summed E-state index contributed by atoms with van der Waals surface area (Å²) >= 11 is 0. The van der Waals surface area contributed by atoms with Gasteiger partial charge in [-0.2, -0.15) is 0 Å². The summed E-state index contributed by atoms with van der Waals surface area (Å²) in [4.78, 5) is 28.1. The molecule has 2 aromatic carbocycles. The number of nitrogens with one attached hydrogen (secondary N) is 1. The first-order valence-electron chi connectivity index (χ1n) is 10.7. The Hall–Kier alpha value is -3.41. The van der Waals surface area contributed by atoms with E-state index in [0.717, 1.165) is 17.7 Å². The van der Waals surface area contributed by atoms with Crippen LogP contribution in [0.4, 0.5) is 0 Å². The van der Waals surface area contributed by atoms with Crippen molar-refractivity contribution in [3.63, 3.8) is 0 Å². The van der Waals surface area contributed by atoms with E-state index in [4.69, 9.17) is 4.52 Å². The Kier molecular flexibility index (Phi) is 6.16. The Balaban J connectivity index is 1.59. The minimum absolute atomic E-state index is 0.0433. The summed E-state index contributed by atoms with van der Waals surface area (Å²) in [6.07, 6.45) is 1.85. The van der Waals surface area contributed by atoms with E-state index in [1.807, 2.05) is 73.7 Å². The first kappa shape index (κ1) is 20.8. The molecular weight excluding hydrogens is 390 g/mol. The van der Waals surface area contributed by atoms with Gasteiger partial charge in [-0.25, -0.2) is 0 Å². The number of likely N-dealkylation sites (tertiary alicyclic amines) is 1. The lowest BCUT2D eigenvalue weighted by molar-refractivity contribution is -0.133. The number of rotatable bonds is 6. The highest BCUT2D eigenvalue weighted by Gasteiger charge is 2.44. The van der Waals surface area contributed by atoms with Crippen molar-refractivity contribution in [3.8, 4) is 11.3 Å². The Labute approximate surface area is 182 Å². The average Bonchev–Trinajstić information content (AvgIpc) is 3.28. The molecule has 0 unspecified atom stereocenters. The number of hydrogen-bond donors (Lipinski definition) is 1. The maximum Gasteiger partial charge on any atom is 0.253 e. The second-order valence-electron chi connectivity index (χ2n) is 8.06. The van der Waals surface area contributed by atoms with Crippen LogP contribution in [0.1, 0.15) is 35.9 Å². The molecule has 4 rings (SSSR count). The molecule has 0 bridgehead atoms. The van der Waals surface area contributed by atoms with Crippen molar-refractivity contribution in [2.75, 3.05) is 19.6 Å². The lowest BCUT2D eigenvalue weighted by Crippen LogP contribution is -2.54. The minimum atomic E-state index is -0.744. The standard InChI is InChI=1S/C25H27N3O3/c1-2-26-24(30)25(17-21-16-22(27-31-21)19-10-5-3-6-11-19)14-9-15-28(18-25)23(29)20-12-7-4-8-13-20/h3-8,10-13,16H,2,9,14-15,17-18H2,1H3,(H,26,30)/t25-/m1/s1. The number of aromatic nitrogens is 1. The number of nitrogens with zero attached hydrogens (tertiary/aromatic N) is 2. The molecule has 1 atom stereocenters. The van der Waals surface area contributed by atoms with E-state index in [-0.39, 0.29) is 11.8 Å². The molecular formula is C25H27N3O3. The molecule has 6 heteroatoms. The van der Waals surface area contributed by atoms with Crippen LogP contribution in [0, 0.1) is 5.41 Å². The van der Waals surface area contributed by atoms with Crippen LogP contribution in [0.5, 0.6) is 0 Å². The van der Waals surface area contributed by atoms with Gasteiger partial charge in [0.25, 0.3) is 5.91 Å². The molecule has 160 valence electrons. The van der Waals surface area contributed by atoms with Gasteiger partial charge in [0, 0.05) is 43.2 Å². The van der Waals surface area contributed by atoms with Gasteiger partial charge in [-0.1, -0.05) is 53.7 Å². The molecule has 1 saturated heterocycles. The van der Waals surface area contributed by atoms with E-state index in [1.54, 1.807) is 4.90 Å². The van der Waals surface area contributed by atoms with E-state index in [2.05, 4.69) is 10.5 Å². The summed E-state index contributed by atoms with van der Waals surface area (Å²) in [6, 6.07) is 20.9. The van der Waals surface area contributed by atoms with Gasteiger partial charge in [0.2, 0.25) is 5.91 Å². The van der Waals surface area contributed by atoms with Crippen molar-refractivity contribution in [1.29, 1.82) is 0 Å². The molecule has 31 heavy (non-hydrogen) atoms. The zero-order valence-electron chi connectivity index (χ0n) is 17.7. The zero-order chi connectivity index (χ0) is 21.7. The molecule has 2 amide bonds. The maximum absolute atomic E-state index is 13.2. The fraction of sp³-hybridized carbons (Fsp3) is 0.320. The van der Waals surface area contributed by atoms with E-state index in [9.17, 15) is 9.59 Å². The van der Waals surface area contributed by atoms with Crippen molar-refractivity contribution in [1.82, 2.24) is 15.4 Å². The molecule has 0 spiro atoms. The average molecular weight is 418 g/mol. The summed E-state index contributed by atoms with van der Waals surface area (Å²) in [6.45, 7) is 3.44. The number of benzene rings is 2. The molecule has 3 aromatic rings. The van der Waals surface area contributed by atoms with Gasteiger partial charge >= 0.3 is 0 Å². The first-order chi connectivity index (χ1) is 15.1. The SMILES string of the molecule is CCNC(=O)[C@@]1(Cc2cc(-c3ccccc3)no2)CCCN(C(=O)c2ccccc2)C1. The number of amides is 2. The van der Waals surface area contributed by atoms with Crippen LogP contribution < -0.4 is 5.32 Å². The van der Waals surface area contributed by atoms with Crippen LogP contribution >= 0.6 is 0 Å². The molecule has 0 saturated carbocycles. The number of piperidine rings is 1. The van der Waals surface area contributed by atoms with Crippen LogP contribution in [-0.4, -0.2) is 41.5 Å². The molecule has 0 radical (unpaired) electrons. The molecule has 1 fully saturated rings. The predicted molar refractivity (Wildman–Crippen MR) is 118 cm³/mol. The van der Waals surface area contributed by atoms with Gasteiger partial charge < -0.3 is 14.7 Å². The zero-order valence-corrected chi connectivity index (χ0v) is 17.7. The Bertz CT molecular complexity index is 1030. The fourth-order valence-corrected chi connectivity index (χ4v) is 4.30. The lowest BCUT2D eigenvalue weighted by Gasteiger charge is -2.41. The number of carbonyl (C=O) groups excluding carboxylic acids is 2. The van der Waals surface area contributed by atoms with Crippen LogP contribution in [0.2, 0.25) is 0 Å². The van der Waals surface area contributed by atoms with Crippen LogP contribution in [0.3, 0.4) is 0 Å². The van der Waals surface area contributed by atoms with Gasteiger partial charge in [-0.15, -0.1) is 0 Å². The van der Waals surface area contributed by atoms with E-state index >= 15 is 0 Å². The fourth-order valence-electron chi connectivity index (χ4n) is 4.30. The molecule has 0 aliphatic carbocycles. The molecule has 6 nitrogen and oxygen atoms in total. The second-order valence-corrected chi connectivity index (χ2v) is 8.06. The second kappa shape index (κ2) is 9.16. The first-order valence-corrected chi connectivity index (χ1v) is 10.7. The smallest absolute Gasteiger partial charge is 0.253 e. The number of carbonyl (C=O) groups is 2. The van der Waals surface area contributed by atoms with Crippen molar-refractivity contribution in [3.05, 3.63) is 78.1 Å². The minimum Gasteiger partial charge on any atom is -0.361 e. The van der Waals surface area contributed by atoms with Gasteiger partial charge in [0.15, 0.2) is 0 Å². The molecule has 1 aliphatic heterocycles. The highest BCUT2D eigenvalue weighted by Crippen LogP contribution is 2.36. The highest BCUT2D eigenvalue weighted by atomic mass is 16.5. The van der Waals surface area contributed by atoms with Crippen LogP contribution in [0.15, 0.2) is 71.3 Å². The Morgan fingerprint density at radius 2 is 1.81 bits per heavy atom. The topological polar surface area (TPSA) is 75.4 Å². The van der Waals surface area contributed by atoms with Crippen LogP contribution in [0.25, 0.3) is 11.3 Å². The molecule has 2 heterocycles. The Morgan fingerprint density at radius 1 is 1.10 bits per heavy atom. The highest BCUT2D eigenvalue weighted by molar-refractivity contribution is 5.95. The molecule has 1 aromatic heterocycles. The van der Waals surface area contributed by atoms with E-state index < -0.39 is 5.41 Å². The van der Waals surface area contributed by atoms with Gasteiger partial charge in [0.05, 0.1) is 5.41 Å². The molecule has 1 N–H and O–H groups in total. The summed E-state index contributed by atoms with van der Waals surface area (Å²) in [5, 5.41) is 7.18. The van der Waals surface area contributed by atoms with E-state index in [1.165, 1.54) is 0 Å². The Morgan fingerprint density at radius 3 is 2.52 bits per heavy atom.